The summed E-state index contributed by atoms with van der Waals surface area (Å²) >= 11 is 3.27. The summed E-state index contributed by atoms with van der Waals surface area (Å²) in [5.41, 5.74) is -0.813. The maximum atomic E-state index is 14.1. The Hall–Kier alpha value is -3.72. The zero-order valence-electron chi connectivity index (χ0n) is 20.6. The van der Waals surface area contributed by atoms with Crippen LogP contribution in [0.2, 0.25) is 0 Å². The van der Waals surface area contributed by atoms with Gasteiger partial charge in [-0.1, -0.05) is 0 Å². The number of methoxy groups -OCH3 is 1. The topological polar surface area (TPSA) is 121 Å². The summed E-state index contributed by atoms with van der Waals surface area (Å²) < 4.78 is 38.4. The van der Waals surface area contributed by atoms with Crippen LogP contribution in [-0.2, 0) is 9.53 Å². The average Bonchev–Trinajstić information content (AvgIpc) is 3.29. The molecular weight excluding hydrogens is 554 g/mol. The fourth-order valence-corrected chi connectivity index (χ4v) is 4.25. The Balaban J connectivity index is 1.82. The Labute approximate surface area is 220 Å². The summed E-state index contributed by atoms with van der Waals surface area (Å²) in [5.74, 6) is -4.48. The highest BCUT2D eigenvalue weighted by Crippen LogP contribution is 2.32. The maximum Gasteiger partial charge on any atom is 0.410 e. The lowest BCUT2D eigenvalue weighted by atomic mass is 10.1. The molecule has 1 heterocycles. The van der Waals surface area contributed by atoms with E-state index < -0.39 is 46.8 Å². The van der Waals surface area contributed by atoms with Crippen LogP contribution in [0.4, 0.5) is 25.0 Å². The quantitative estimate of drug-likeness (QED) is 0.511. The first-order valence-electron chi connectivity index (χ1n) is 11.2. The number of benzene rings is 2. The van der Waals surface area contributed by atoms with Gasteiger partial charge >= 0.3 is 6.09 Å². The predicted octanol–water partition coefficient (Wildman–Crippen LogP) is 5.06. The van der Waals surface area contributed by atoms with E-state index in [2.05, 4.69) is 31.3 Å². The molecule has 1 unspecified atom stereocenters. The fraction of sp³-hybridized carbons (Fsp3) is 0.360. The number of hydrogen-bond acceptors (Lipinski definition) is 6. The number of likely N-dealkylation sites (tertiary alicyclic amines) is 1. The van der Waals surface area contributed by atoms with Crippen molar-refractivity contribution >= 4 is 45.2 Å². The van der Waals surface area contributed by atoms with E-state index >= 15 is 0 Å². The molecule has 196 valence electrons. The van der Waals surface area contributed by atoms with E-state index in [4.69, 9.17) is 4.74 Å². The van der Waals surface area contributed by atoms with Crippen molar-refractivity contribution in [2.75, 3.05) is 30.8 Å². The van der Waals surface area contributed by atoms with Gasteiger partial charge in [0, 0.05) is 35.4 Å². The summed E-state index contributed by atoms with van der Waals surface area (Å²) in [6.07, 6.45) is -0.147. The molecule has 0 aromatic heterocycles. The monoisotopic (exact) mass is 578 g/mol. The Kier molecular flexibility index (Phi) is 8.38. The van der Waals surface area contributed by atoms with Gasteiger partial charge in [0.1, 0.15) is 5.60 Å². The third kappa shape index (κ3) is 6.74. The summed E-state index contributed by atoms with van der Waals surface area (Å²) in [6.45, 7) is 5.68. The van der Waals surface area contributed by atoms with Crippen molar-refractivity contribution in [1.82, 2.24) is 4.90 Å². The second-order valence-corrected chi connectivity index (χ2v) is 10.2. The second kappa shape index (κ2) is 11.1. The SMILES string of the molecule is COc1c(F)cc(NC(=O)c2cc(C#N)cc(Br)c2NC(=O)C2CCN(C(=O)OC(C)(C)C)C2)cc1F. The Morgan fingerprint density at radius 2 is 1.78 bits per heavy atom. The molecule has 0 spiro atoms. The smallest absolute Gasteiger partial charge is 0.410 e. The number of halogens is 3. The van der Waals surface area contributed by atoms with Gasteiger partial charge in [0.15, 0.2) is 17.4 Å². The lowest BCUT2D eigenvalue weighted by molar-refractivity contribution is -0.119. The van der Waals surface area contributed by atoms with Crippen molar-refractivity contribution in [2.45, 2.75) is 32.8 Å². The molecule has 9 nitrogen and oxygen atoms in total. The van der Waals surface area contributed by atoms with Crippen LogP contribution in [0.25, 0.3) is 0 Å². The summed E-state index contributed by atoms with van der Waals surface area (Å²) in [5, 5.41) is 14.4. The number of nitrogens with one attached hydrogen (secondary N) is 2. The molecule has 3 amide bonds. The Bertz CT molecular complexity index is 1270. The highest BCUT2D eigenvalue weighted by Gasteiger charge is 2.34. The largest absolute Gasteiger partial charge is 0.491 e. The standard InChI is InChI=1S/C25H25BrF2N4O5/c1-25(2,3)37-24(35)32-6-5-14(12-32)22(33)31-20-16(7-13(11-29)8-17(20)26)23(34)30-15-9-18(27)21(36-4)19(28)10-15/h7-10,14H,5-6,12H2,1-4H3,(H,30,34)(H,31,33). The lowest BCUT2D eigenvalue weighted by Gasteiger charge is -2.24. The number of carbonyl (C=O) groups excluding carboxylic acids is 3. The van der Waals surface area contributed by atoms with Gasteiger partial charge in [-0.05, 0) is 55.3 Å². The Morgan fingerprint density at radius 3 is 2.35 bits per heavy atom. The van der Waals surface area contributed by atoms with Gasteiger partial charge in [-0.2, -0.15) is 5.26 Å². The van der Waals surface area contributed by atoms with Crippen molar-refractivity contribution in [2.24, 2.45) is 5.92 Å². The van der Waals surface area contributed by atoms with Gasteiger partial charge in [-0.25, -0.2) is 13.6 Å². The van der Waals surface area contributed by atoms with E-state index in [0.29, 0.717) is 13.0 Å². The van der Waals surface area contributed by atoms with Crippen LogP contribution in [0.15, 0.2) is 28.7 Å². The van der Waals surface area contributed by atoms with E-state index in [1.54, 1.807) is 20.8 Å². The third-order valence-electron chi connectivity index (χ3n) is 5.38. The number of nitrogens with zero attached hydrogens (tertiary/aromatic N) is 2. The van der Waals surface area contributed by atoms with Crippen LogP contribution in [0.1, 0.15) is 43.1 Å². The first kappa shape index (κ1) is 27.9. The molecule has 1 fully saturated rings. The highest BCUT2D eigenvalue weighted by molar-refractivity contribution is 9.10. The van der Waals surface area contributed by atoms with Gasteiger partial charge in [0.25, 0.3) is 5.91 Å². The van der Waals surface area contributed by atoms with E-state index in [9.17, 15) is 28.4 Å². The number of amides is 3. The molecule has 0 aliphatic carbocycles. The summed E-state index contributed by atoms with van der Waals surface area (Å²) in [6, 6.07) is 6.34. The molecule has 37 heavy (non-hydrogen) atoms. The van der Waals surface area contributed by atoms with Crippen LogP contribution in [0.3, 0.4) is 0 Å². The molecule has 0 radical (unpaired) electrons. The van der Waals surface area contributed by atoms with Gasteiger partial charge in [-0.3, -0.25) is 9.59 Å². The predicted molar refractivity (Wildman–Crippen MR) is 134 cm³/mol. The van der Waals surface area contributed by atoms with E-state index in [1.807, 2.05) is 6.07 Å². The van der Waals surface area contributed by atoms with Crippen molar-refractivity contribution in [3.63, 3.8) is 0 Å². The van der Waals surface area contributed by atoms with Crippen LogP contribution in [-0.4, -0.2) is 48.6 Å². The van der Waals surface area contributed by atoms with E-state index in [-0.39, 0.29) is 33.5 Å². The normalized spacial score (nSPS) is 15.1. The third-order valence-corrected chi connectivity index (χ3v) is 6.01. The number of nitriles is 1. The second-order valence-electron chi connectivity index (χ2n) is 9.32. The average molecular weight is 579 g/mol. The molecule has 1 aliphatic rings. The molecule has 2 aromatic rings. The van der Waals surface area contributed by atoms with Crippen LogP contribution < -0.4 is 15.4 Å². The molecule has 3 rings (SSSR count). The molecule has 0 saturated carbocycles. The van der Waals surface area contributed by atoms with Crippen molar-refractivity contribution in [1.29, 1.82) is 5.26 Å². The molecule has 12 heteroatoms. The van der Waals surface area contributed by atoms with Gasteiger partial charge in [0.2, 0.25) is 5.91 Å². The van der Waals surface area contributed by atoms with Gasteiger partial charge in [0.05, 0.1) is 35.9 Å². The molecule has 1 aliphatic heterocycles. The number of rotatable bonds is 5. The number of ether oxygens (including phenoxy) is 2. The molecule has 0 bridgehead atoms. The number of anilines is 2. The first-order chi connectivity index (χ1) is 17.3. The molecule has 2 aromatic carbocycles. The molecule has 1 atom stereocenters. The minimum atomic E-state index is -1.02. The lowest BCUT2D eigenvalue weighted by Crippen LogP contribution is -2.36. The zero-order valence-corrected chi connectivity index (χ0v) is 22.2. The summed E-state index contributed by atoms with van der Waals surface area (Å²) in [7, 11) is 1.11. The van der Waals surface area contributed by atoms with Crippen LogP contribution in [0.5, 0.6) is 5.75 Å². The molecule has 2 N–H and O–H groups in total. The van der Waals surface area contributed by atoms with Crippen molar-refractivity contribution in [3.8, 4) is 11.8 Å². The van der Waals surface area contributed by atoms with Crippen LogP contribution in [0, 0.1) is 28.9 Å². The minimum absolute atomic E-state index is 0.0617. The highest BCUT2D eigenvalue weighted by atomic mass is 79.9. The van der Waals surface area contributed by atoms with Gasteiger partial charge < -0.3 is 25.0 Å². The number of carbonyl (C=O) groups is 3. The van der Waals surface area contributed by atoms with E-state index in [1.165, 1.54) is 17.0 Å². The fourth-order valence-electron chi connectivity index (χ4n) is 3.69. The zero-order chi connectivity index (χ0) is 27.5. The first-order valence-corrected chi connectivity index (χ1v) is 12.0. The van der Waals surface area contributed by atoms with Crippen molar-refractivity contribution in [3.05, 3.63) is 51.5 Å². The van der Waals surface area contributed by atoms with Crippen molar-refractivity contribution < 1.29 is 32.6 Å². The number of hydrogen-bond donors (Lipinski definition) is 2. The molecular formula is C25H25BrF2N4O5. The maximum absolute atomic E-state index is 14.1. The van der Waals surface area contributed by atoms with Gasteiger partial charge in [-0.15, -0.1) is 0 Å². The molecule has 1 saturated heterocycles. The Morgan fingerprint density at radius 1 is 1.14 bits per heavy atom. The minimum Gasteiger partial charge on any atom is -0.491 e. The van der Waals surface area contributed by atoms with E-state index in [0.717, 1.165) is 19.2 Å². The summed E-state index contributed by atoms with van der Waals surface area (Å²) in [4.78, 5) is 39.9. The van der Waals surface area contributed by atoms with Crippen LogP contribution >= 0.6 is 15.9 Å².